The minimum absolute atomic E-state index is 0.00510. The van der Waals surface area contributed by atoms with Gasteiger partial charge in [-0.15, -0.1) is 0 Å². The molecule has 0 unspecified atom stereocenters. The van der Waals surface area contributed by atoms with E-state index in [4.69, 9.17) is 4.98 Å². The Hall–Kier alpha value is -3.02. The lowest BCUT2D eigenvalue weighted by Crippen LogP contribution is -2.31. The van der Waals surface area contributed by atoms with Gasteiger partial charge in [0.15, 0.2) is 0 Å². The molecule has 1 amide bonds. The summed E-state index contributed by atoms with van der Waals surface area (Å²) in [5.41, 5.74) is 4.22. The summed E-state index contributed by atoms with van der Waals surface area (Å²) in [6.07, 6.45) is 4.08. The van der Waals surface area contributed by atoms with E-state index in [1.54, 1.807) is 18.3 Å². The third-order valence-corrected chi connectivity index (χ3v) is 5.04. The van der Waals surface area contributed by atoms with E-state index in [0.29, 0.717) is 12.0 Å². The molecule has 5 nitrogen and oxygen atoms in total. The molecule has 0 spiro atoms. The SMILES string of the molecule is Cc1[nH]ncc1C(=O)N1CCC[C@H]1c1cccc(Cc2ccc(F)cc2)n1. The predicted octanol–water partition coefficient (Wildman–Crippen LogP) is 3.82. The highest BCUT2D eigenvalue weighted by atomic mass is 19.1. The topological polar surface area (TPSA) is 61.9 Å². The largest absolute Gasteiger partial charge is 0.330 e. The fourth-order valence-electron chi connectivity index (χ4n) is 3.63. The Bertz CT molecular complexity index is 951. The second kappa shape index (κ2) is 7.31. The molecule has 1 N–H and O–H groups in total. The highest BCUT2D eigenvalue weighted by Crippen LogP contribution is 2.32. The van der Waals surface area contributed by atoms with Crippen LogP contribution in [0.1, 0.15) is 51.9 Å². The van der Waals surface area contributed by atoms with Gasteiger partial charge in [-0.05, 0) is 49.6 Å². The third kappa shape index (κ3) is 3.60. The molecule has 27 heavy (non-hydrogen) atoms. The fourth-order valence-corrected chi connectivity index (χ4v) is 3.63. The molecule has 3 aromatic rings. The van der Waals surface area contributed by atoms with E-state index < -0.39 is 0 Å². The van der Waals surface area contributed by atoms with Crippen LogP contribution in [0.5, 0.6) is 0 Å². The van der Waals surface area contributed by atoms with Crippen LogP contribution in [-0.4, -0.2) is 32.5 Å². The highest BCUT2D eigenvalue weighted by Gasteiger charge is 2.32. The van der Waals surface area contributed by atoms with Gasteiger partial charge in [-0.1, -0.05) is 18.2 Å². The van der Waals surface area contributed by atoms with E-state index in [-0.39, 0.29) is 17.8 Å². The van der Waals surface area contributed by atoms with Gasteiger partial charge < -0.3 is 4.90 Å². The van der Waals surface area contributed by atoms with E-state index in [1.807, 2.05) is 30.0 Å². The summed E-state index contributed by atoms with van der Waals surface area (Å²) in [6, 6.07) is 12.4. The van der Waals surface area contributed by atoms with Gasteiger partial charge in [-0.2, -0.15) is 5.10 Å². The van der Waals surface area contributed by atoms with E-state index in [0.717, 1.165) is 42.0 Å². The van der Waals surface area contributed by atoms with Crippen molar-refractivity contribution >= 4 is 5.91 Å². The number of nitrogens with zero attached hydrogens (tertiary/aromatic N) is 3. The molecule has 1 saturated heterocycles. The highest BCUT2D eigenvalue weighted by molar-refractivity contribution is 5.95. The third-order valence-electron chi connectivity index (χ3n) is 5.04. The molecular formula is C21H21FN4O. The molecule has 1 fully saturated rings. The number of hydrogen-bond acceptors (Lipinski definition) is 3. The summed E-state index contributed by atoms with van der Waals surface area (Å²) in [5.74, 6) is -0.246. The van der Waals surface area contributed by atoms with Crippen molar-refractivity contribution in [2.24, 2.45) is 0 Å². The van der Waals surface area contributed by atoms with Crippen LogP contribution in [0.25, 0.3) is 0 Å². The van der Waals surface area contributed by atoms with Crippen molar-refractivity contribution < 1.29 is 9.18 Å². The lowest BCUT2D eigenvalue weighted by molar-refractivity contribution is 0.0732. The van der Waals surface area contributed by atoms with Crippen molar-refractivity contribution in [3.8, 4) is 0 Å². The normalized spacial score (nSPS) is 16.7. The number of nitrogens with one attached hydrogen (secondary N) is 1. The second-order valence-electron chi connectivity index (χ2n) is 6.92. The smallest absolute Gasteiger partial charge is 0.257 e. The van der Waals surface area contributed by atoms with Crippen molar-refractivity contribution in [2.75, 3.05) is 6.54 Å². The lowest BCUT2D eigenvalue weighted by atomic mass is 10.1. The van der Waals surface area contributed by atoms with Crippen molar-refractivity contribution in [3.63, 3.8) is 0 Å². The number of likely N-dealkylation sites (tertiary alicyclic amines) is 1. The van der Waals surface area contributed by atoms with E-state index >= 15 is 0 Å². The Labute approximate surface area is 157 Å². The zero-order valence-electron chi connectivity index (χ0n) is 15.2. The average molecular weight is 364 g/mol. The second-order valence-corrected chi connectivity index (χ2v) is 6.92. The van der Waals surface area contributed by atoms with Crippen LogP contribution in [0.3, 0.4) is 0 Å². The first-order valence-electron chi connectivity index (χ1n) is 9.13. The monoisotopic (exact) mass is 364 g/mol. The molecule has 1 aliphatic heterocycles. The molecule has 138 valence electrons. The maximum absolute atomic E-state index is 13.1. The van der Waals surface area contributed by atoms with Crippen molar-refractivity contribution in [1.29, 1.82) is 0 Å². The zero-order chi connectivity index (χ0) is 18.8. The van der Waals surface area contributed by atoms with Gasteiger partial charge in [0.05, 0.1) is 23.5 Å². The number of aromatic nitrogens is 3. The quantitative estimate of drug-likeness (QED) is 0.765. The van der Waals surface area contributed by atoms with Crippen LogP contribution in [0.15, 0.2) is 48.7 Å². The van der Waals surface area contributed by atoms with Crippen molar-refractivity contribution in [3.05, 3.63) is 82.7 Å². The minimum Gasteiger partial charge on any atom is -0.330 e. The van der Waals surface area contributed by atoms with Gasteiger partial charge in [-0.3, -0.25) is 14.9 Å². The molecule has 0 bridgehead atoms. The molecule has 0 aliphatic carbocycles. The number of carbonyl (C=O) groups is 1. The van der Waals surface area contributed by atoms with Gasteiger partial charge in [0.1, 0.15) is 5.82 Å². The molecule has 1 aromatic carbocycles. The Morgan fingerprint density at radius 3 is 2.81 bits per heavy atom. The lowest BCUT2D eigenvalue weighted by Gasteiger charge is -2.24. The average Bonchev–Trinajstić information content (AvgIpc) is 3.32. The van der Waals surface area contributed by atoms with Crippen LogP contribution in [0.4, 0.5) is 4.39 Å². The summed E-state index contributed by atoms with van der Waals surface area (Å²) in [7, 11) is 0. The van der Waals surface area contributed by atoms with Crippen LogP contribution < -0.4 is 0 Å². The van der Waals surface area contributed by atoms with Gasteiger partial charge in [0, 0.05) is 24.4 Å². The molecule has 4 rings (SSSR count). The van der Waals surface area contributed by atoms with E-state index in [9.17, 15) is 9.18 Å². The Kier molecular flexibility index (Phi) is 4.71. The van der Waals surface area contributed by atoms with E-state index in [2.05, 4.69) is 10.2 Å². The molecule has 6 heteroatoms. The van der Waals surface area contributed by atoms with Crippen LogP contribution in [-0.2, 0) is 6.42 Å². The van der Waals surface area contributed by atoms with Gasteiger partial charge in [0.2, 0.25) is 0 Å². The number of aromatic amines is 1. The first-order chi connectivity index (χ1) is 13.1. The maximum Gasteiger partial charge on any atom is 0.257 e. The van der Waals surface area contributed by atoms with Crippen LogP contribution in [0, 0.1) is 12.7 Å². The Morgan fingerprint density at radius 2 is 2.07 bits per heavy atom. The number of pyridine rings is 1. The number of halogens is 1. The number of carbonyl (C=O) groups excluding carboxylic acids is 1. The minimum atomic E-state index is -0.241. The number of hydrogen-bond donors (Lipinski definition) is 1. The summed E-state index contributed by atoms with van der Waals surface area (Å²) in [6.45, 7) is 2.57. The van der Waals surface area contributed by atoms with Crippen LogP contribution in [0.2, 0.25) is 0 Å². The van der Waals surface area contributed by atoms with Crippen LogP contribution >= 0.6 is 0 Å². The van der Waals surface area contributed by atoms with Crippen molar-refractivity contribution in [1.82, 2.24) is 20.1 Å². The Morgan fingerprint density at radius 1 is 1.26 bits per heavy atom. The summed E-state index contributed by atoms with van der Waals surface area (Å²) >= 11 is 0. The molecule has 2 aromatic heterocycles. The summed E-state index contributed by atoms with van der Waals surface area (Å²) < 4.78 is 13.1. The molecular weight excluding hydrogens is 343 g/mol. The first kappa shape index (κ1) is 17.4. The molecule has 3 heterocycles. The number of H-pyrrole nitrogens is 1. The molecule has 0 saturated carbocycles. The number of aryl methyl sites for hydroxylation is 1. The fraction of sp³-hybridized carbons (Fsp3) is 0.286. The maximum atomic E-state index is 13.1. The number of amides is 1. The van der Waals surface area contributed by atoms with Crippen molar-refractivity contribution in [2.45, 2.75) is 32.2 Å². The predicted molar refractivity (Wildman–Crippen MR) is 99.8 cm³/mol. The number of rotatable bonds is 4. The summed E-state index contributed by atoms with van der Waals surface area (Å²) in [4.78, 5) is 19.6. The zero-order valence-corrected chi connectivity index (χ0v) is 15.2. The molecule has 1 aliphatic rings. The van der Waals surface area contributed by atoms with Gasteiger partial charge >= 0.3 is 0 Å². The van der Waals surface area contributed by atoms with Gasteiger partial charge in [-0.25, -0.2) is 4.39 Å². The van der Waals surface area contributed by atoms with E-state index in [1.165, 1.54) is 12.1 Å². The number of benzene rings is 1. The first-order valence-corrected chi connectivity index (χ1v) is 9.13. The molecule has 0 radical (unpaired) electrons. The molecule has 1 atom stereocenters. The van der Waals surface area contributed by atoms with Gasteiger partial charge in [0.25, 0.3) is 5.91 Å². The Balaban J connectivity index is 1.56. The summed E-state index contributed by atoms with van der Waals surface area (Å²) in [5, 5.41) is 6.79. The standard InChI is InChI=1S/C21H21FN4O/c1-14-18(13-23-25-14)21(27)26-11-3-6-20(26)19-5-2-4-17(24-19)12-15-7-9-16(22)10-8-15/h2,4-5,7-10,13,20H,3,6,11-12H2,1H3,(H,23,25)/t20-/m0/s1.